The van der Waals surface area contributed by atoms with E-state index in [0.29, 0.717) is 6.61 Å². The first-order valence-electron chi connectivity index (χ1n) is 17.7. The van der Waals surface area contributed by atoms with Crippen molar-refractivity contribution >= 4 is 34.0 Å². The van der Waals surface area contributed by atoms with Gasteiger partial charge in [0, 0.05) is 11.1 Å². The van der Waals surface area contributed by atoms with Crippen LogP contribution in [0.2, 0.25) is 0 Å². The topological polar surface area (TPSA) is 78.9 Å². The third kappa shape index (κ3) is 7.86. The van der Waals surface area contributed by atoms with E-state index in [2.05, 4.69) is 19.1 Å². The molecule has 0 aliphatic carbocycles. The van der Waals surface area contributed by atoms with Gasteiger partial charge in [0.1, 0.15) is 11.5 Å². The molecule has 6 nitrogen and oxygen atoms in total. The quantitative estimate of drug-likeness (QED) is 0.220. The molecule has 0 unspecified atom stereocenters. The van der Waals surface area contributed by atoms with Gasteiger partial charge in [-0.2, -0.15) is 0 Å². The van der Waals surface area contributed by atoms with E-state index in [1.807, 2.05) is 85.0 Å². The van der Waals surface area contributed by atoms with E-state index in [1.165, 1.54) is 51.4 Å². The van der Waals surface area contributed by atoms with E-state index in [9.17, 15) is 5.11 Å². The predicted molar refractivity (Wildman–Crippen MR) is 204 cm³/mol. The first kappa shape index (κ1) is 32.2. The normalized spacial score (nSPS) is 17.4. The van der Waals surface area contributed by atoms with Crippen molar-refractivity contribution in [2.45, 2.75) is 64.7 Å². The molecule has 0 amide bonds. The molecule has 2 aromatic rings. The van der Waals surface area contributed by atoms with Gasteiger partial charge in [-0.15, -0.1) is 0 Å². The third-order valence-corrected chi connectivity index (χ3v) is 9.04. The number of ether oxygens (including phenoxy) is 1. The number of hydrogen-bond acceptors (Lipinski definition) is 6. The summed E-state index contributed by atoms with van der Waals surface area (Å²) in [7, 11) is 0. The van der Waals surface area contributed by atoms with Crippen LogP contribution in [0.1, 0.15) is 75.8 Å². The minimum Gasteiger partial charge on any atom is -0.508 e. The van der Waals surface area contributed by atoms with Crippen LogP contribution in [0.25, 0.3) is 11.1 Å². The van der Waals surface area contributed by atoms with Gasteiger partial charge < -0.3 is 9.84 Å². The summed E-state index contributed by atoms with van der Waals surface area (Å²) in [4.78, 5) is 20.0. The fourth-order valence-electron chi connectivity index (χ4n) is 6.55. The highest BCUT2D eigenvalue weighted by atomic mass is 16.5. The summed E-state index contributed by atoms with van der Waals surface area (Å²) in [6.07, 6.45) is 31.7. The molecule has 5 aliphatic rings. The number of benzene rings is 2. The predicted octanol–water partition coefficient (Wildman–Crippen LogP) is 10.2. The molecule has 0 atom stereocenters. The number of rotatable bonds is 13. The lowest BCUT2D eigenvalue weighted by Gasteiger charge is -2.12. The van der Waals surface area contributed by atoms with Crippen LogP contribution in [0, 0.1) is 0 Å². The minimum atomic E-state index is 0.193. The van der Waals surface area contributed by atoms with Crippen LogP contribution in [0.3, 0.4) is 0 Å². The van der Waals surface area contributed by atoms with Gasteiger partial charge in [0.05, 0.1) is 52.2 Å². The summed E-state index contributed by atoms with van der Waals surface area (Å²) in [5.74, 6) is 1.05. The molecule has 0 fully saturated rings. The first-order valence-corrected chi connectivity index (χ1v) is 17.7. The fraction of sp³-hybridized carbons (Fsp3) is 0.256. The summed E-state index contributed by atoms with van der Waals surface area (Å²) < 4.78 is 6.24. The second-order valence-electron chi connectivity index (χ2n) is 12.8. The Hall–Kier alpha value is -5.36. The van der Waals surface area contributed by atoms with Gasteiger partial charge in [-0.05, 0) is 103 Å². The molecule has 1 N–H and O–H groups in total. The second kappa shape index (κ2) is 15.2. The van der Waals surface area contributed by atoms with Crippen molar-refractivity contribution in [1.82, 2.24) is 0 Å². The number of unbranched alkanes of at least 4 members (excludes halogenated alkanes) is 8. The lowest BCUT2D eigenvalue weighted by atomic mass is 9.98. The van der Waals surface area contributed by atoms with E-state index >= 15 is 0 Å². The number of nitrogens with zero attached hydrogens (tertiary/aromatic N) is 4. The number of hydrogen-bond donors (Lipinski definition) is 1. The molecule has 7 rings (SSSR count). The van der Waals surface area contributed by atoms with Crippen molar-refractivity contribution < 1.29 is 9.84 Å². The van der Waals surface area contributed by atoms with Crippen LogP contribution in [0.15, 0.2) is 152 Å². The van der Waals surface area contributed by atoms with E-state index in [4.69, 9.17) is 24.7 Å². The number of phenolic OH excluding ortho intramolecular Hbond substituents is 1. The van der Waals surface area contributed by atoms with Crippen LogP contribution in [-0.2, 0) is 0 Å². The van der Waals surface area contributed by atoms with Crippen LogP contribution in [-0.4, -0.2) is 34.6 Å². The second-order valence-corrected chi connectivity index (χ2v) is 12.8. The van der Waals surface area contributed by atoms with Gasteiger partial charge in [-0.25, -0.2) is 20.0 Å². The standard InChI is InChI=1S/C43H42N4O2/c1-2-3-4-5-6-7-8-9-10-25-49-37-16-12-14-31(27-37)43-40-23-19-34(46-40)28-32-17-21-38(44-32)42(30-13-11-15-36(48)26-30)39-22-18-33(45-39)29-35-20-24-41(43)47-35/h11-24,26-29,48H,2-10,25H2,1H3. The molecule has 5 heterocycles. The Morgan fingerprint density at radius 3 is 1.69 bits per heavy atom. The van der Waals surface area contributed by atoms with E-state index in [1.54, 1.807) is 12.1 Å². The average molecular weight is 647 g/mol. The first-order chi connectivity index (χ1) is 24.1. The molecule has 0 saturated heterocycles. The molecule has 49 heavy (non-hydrogen) atoms. The Bertz CT molecular complexity index is 2010. The number of fused-ring (bicyclic) bond motifs is 4. The Kier molecular flexibility index (Phi) is 10.0. The third-order valence-electron chi connectivity index (χ3n) is 9.04. The van der Waals surface area contributed by atoms with Crippen molar-refractivity contribution in [3.05, 3.63) is 143 Å². The fourth-order valence-corrected chi connectivity index (χ4v) is 6.55. The maximum Gasteiger partial charge on any atom is 0.119 e. The SMILES string of the molecule is CCCCCCCCCCCOc1cccc(C2=C3C=CC(=N3)C=C3C=CC(=N3)C(c3cccc(O)c3)=C3C=CC(=N3)C=C3C=CC2=N3)c1. The Morgan fingerprint density at radius 1 is 0.551 bits per heavy atom. The van der Waals surface area contributed by atoms with Crippen molar-refractivity contribution in [3.8, 4) is 11.5 Å². The highest BCUT2D eigenvalue weighted by Gasteiger charge is 2.22. The van der Waals surface area contributed by atoms with E-state index in [0.717, 1.165) is 80.1 Å². The van der Waals surface area contributed by atoms with Crippen LogP contribution in [0.5, 0.6) is 11.5 Å². The molecule has 8 bridgehead atoms. The van der Waals surface area contributed by atoms with Gasteiger partial charge in [0.15, 0.2) is 0 Å². The summed E-state index contributed by atoms with van der Waals surface area (Å²) >= 11 is 0. The van der Waals surface area contributed by atoms with Gasteiger partial charge in [-0.3, -0.25) is 0 Å². The maximum absolute atomic E-state index is 10.3. The van der Waals surface area contributed by atoms with E-state index in [-0.39, 0.29) is 5.75 Å². The van der Waals surface area contributed by atoms with Crippen molar-refractivity contribution in [1.29, 1.82) is 0 Å². The Balaban J connectivity index is 1.16. The molecule has 0 radical (unpaired) electrons. The zero-order chi connectivity index (χ0) is 33.4. The van der Waals surface area contributed by atoms with E-state index < -0.39 is 0 Å². The molecular formula is C43H42N4O2. The number of aliphatic imine (C=N–C) groups is 4. The molecule has 2 aromatic carbocycles. The molecule has 6 heteroatoms. The molecular weight excluding hydrogens is 604 g/mol. The lowest BCUT2D eigenvalue weighted by Crippen LogP contribution is -2.02. The molecule has 246 valence electrons. The lowest BCUT2D eigenvalue weighted by molar-refractivity contribution is 0.304. The van der Waals surface area contributed by atoms with Crippen LogP contribution in [0.4, 0.5) is 0 Å². The monoisotopic (exact) mass is 646 g/mol. The number of phenols is 1. The maximum atomic E-state index is 10.3. The zero-order valence-electron chi connectivity index (χ0n) is 28.1. The number of allylic oxidation sites excluding steroid dienone is 12. The van der Waals surface area contributed by atoms with Crippen molar-refractivity contribution in [2.75, 3.05) is 6.61 Å². The molecule has 0 spiro atoms. The minimum absolute atomic E-state index is 0.193. The summed E-state index contributed by atoms with van der Waals surface area (Å²) in [5.41, 5.74) is 10.1. The highest BCUT2D eigenvalue weighted by molar-refractivity contribution is 6.34. The smallest absolute Gasteiger partial charge is 0.119 e. The molecule has 5 aliphatic heterocycles. The van der Waals surface area contributed by atoms with Gasteiger partial charge >= 0.3 is 0 Å². The highest BCUT2D eigenvalue weighted by Crippen LogP contribution is 2.34. The summed E-state index contributed by atoms with van der Waals surface area (Å²) in [6, 6.07) is 15.5. The van der Waals surface area contributed by atoms with Crippen LogP contribution >= 0.6 is 0 Å². The average Bonchev–Trinajstić information content (AvgIpc) is 3.93. The van der Waals surface area contributed by atoms with Gasteiger partial charge in [0.25, 0.3) is 0 Å². The summed E-state index contributed by atoms with van der Waals surface area (Å²) in [5, 5.41) is 10.3. The number of aromatic hydroxyl groups is 1. The Labute approximate surface area is 289 Å². The van der Waals surface area contributed by atoms with Gasteiger partial charge in [-0.1, -0.05) is 82.6 Å². The molecule has 0 saturated carbocycles. The van der Waals surface area contributed by atoms with Gasteiger partial charge in [0.2, 0.25) is 0 Å². The molecule has 0 aromatic heterocycles. The van der Waals surface area contributed by atoms with Crippen molar-refractivity contribution in [2.24, 2.45) is 20.0 Å². The zero-order valence-corrected chi connectivity index (χ0v) is 28.1. The van der Waals surface area contributed by atoms with Crippen molar-refractivity contribution in [3.63, 3.8) is 0 Å². The Morgan fingerprint density at radius 2 is 1.10 bits per heavy atom. The largest absolute Gasteiger partial charge is 0.508 e. The van der Waals surface area contributed by atoms with Crippen LogP contribution < -0.4 is 4.74 Å². The summed E-state index contributed by atoms with van der Waals surface area (Å²) in [6.45, 7) is 2.98.